The molecule has 0 radical (unpaired) electrons. The Labute approximate surface area is 196 Å². The van der Waals surface area contributed by atoms with Gasteiger partial charge in [-0.15, -0.1) is 0 Å². The third-order valence-electron chi connectivity index (χ3n) is 3.26. The number of carboxylic acid groups (broad SMARTS) is 4. The lowest BCUT2D eigenvalue weighted by atomic mass is 10.3. The highest BCUT2D eigenvalue weighted by atomic mass is 16.4. The number of amides is 1. The summed E-state index contributed by atoms with van der Waals surface area (Å²) in [6, 6.07) is 3.37. The molecule has 0 fully saturated rings. The minimum absolute atomic E-state index is 0.146. The summed E-state index contributed by atoms with van der Waals surface area (Å²) in [6.45, 7) is 3.71. The lowest BCUT2D eigenvalue weighted by Gasteiger charge is -2.09. The third kappa shape index (κ3) is 26.1. The molecule has 13 nitrogen and oxygen atoms in total. The van der Waals surface area contributed by atoms with Crippen LogP contribution in [0.4, 0.5) is 0 Å². The van der Waals surface area contributed by atoms with E-state index in [1.54, 1.807) is 12.1 Å². The van der Waals surface area contributed by atoms with E-state index in [4.69, 9.17) is 24.8 Å². The van der Waals surface area contributed by atoms with E-state index in [0.717, 1.165) is 32.5 Å². The molecule has 0 atom stereocenters. The number of nitrogens with one attached hydrogen (secondary N) is 2. The van der Waals surface area contributed by atoms with Crippen LogP contribution in [0.1, 0.15) is 23.4 Å². The van der Waals surface area contributed by atoms with Crippen molar-refractivity contribution in [2.24, 2.45) is 0 Å². The van der Waals surface area contributed by atoms with Crippen molar-refractivity contribution in [3.05, 3.63) is 48.5 Å². The van der Waals surface area contributed by atoms with Crippen molar-refractivity contribution in [1.82, 2.24) is 15.5 Å². The molecule has 1 heterocycles. The first-order chi connectivity index (χ1) is 16.0. The molecule has 0 unspecified atom stereocenters. The molecule has 0 bridgehead atoms. The molecule has 0 spiro atoms. The number of carbonyl (C=O) groups is 5. The number of carboxylic acids is 4. The second kappa shape index (κ2) is 20.9. The van der Waals surface area contributed by atoms with Gasteiger partial charge in [-0.2, -0.15) is 0 Å². The van der Waals surface area contributed by atoms with Crippen molar-refractivity contribution in [3.63, 3.8) is 0 Å². The Morgan fingerprint density at radius 3 is 1.68 bits per heavy atom. The van der Waals surface area contributed by atoms with E-state index < -0.39 is 23.9 Å². The molecule has 0 aliphatic heterocycles. The van der Waals surface area contributed by atoms with Crippen molar-refractivity contribution >= 4 is 29.8 Å². The molecular weight excluding hydrogens is 454 g/mol. The standard InChI is InChI=1S/C13H23N3O2.2C4H4O4/c1-16(2)10-5-8-14-7-4-9-15-13(17)12-6-3-11-18-12;2*5-3(6)1-2-4(7)8/h3,6,11,14H,4-5,7-10H2,1-2H3,(H,15,17);2*1-2H,(H,5,6)(H,7,8)/b;2*2-1+. The lowest BCUT2D eigenvalue weighted by Crippen LogP contribution is -2.28. The van der Waals surface area contributed by atoms with Crippen molar-refractivity contribution in [1.29, 1.82) is 0 Å². The molecule has 0 aliphatic carbocycles. The van der Waals surface area contributed by atoms with Gasteiger partial charge in [-0.05, 0) is 58.7 Å². The van der Waals surface area contributed by atoms with E-state index in [-0.39, 0.29) is 5.91 Å². The van der Waals surface area contributed by atoms with Gasteiger partial charge >= 0.3 is 23.9 Å². The Morgan fingerprint density at radius 1 is 0.824 bits per heavy atom. The van der Waals surface area contributed by atoms with E-state index in [9.17, 15) is 24.0 Å². The molecule has 0 saturated heterocycles. The fourth-order valence-electron chi connectivity index (χ4n) is 1.84. The highest BCUT2D eigenvalue weighted by Crippen LogP contribution is 1.98. The molecule has 1 rings (SSSR count). The second-order valence-electron chi connectivity index (χ2n) is 6.51. The average molecular weight is 485 g/mol. The Balaban J connectivity index is 0. The summed E-state index contributed by atoms with van der Waals surface area (Å²) in [7, 11) is 4.15. The van der Waals surface area contributed by atoms with E-state index in [0.29, 0.717) is 36.6 Å². The fourth-order valence-corrected chi connectivity index (χ4v) is 1.84. The molecule has 13 heteroatoms. The Hall–Kier alpha value is -3.97. The van der Waals surface area contributed by atoms with Gasteiger partial charge in [-0.25, -0.2) is 19.2 Å². The largest absolute Gasteiger partial charge is 0.478 e. The van der Waals surface area contributed by atoms with Gasteiger partial charge in [0.2, 0.25) is 0 Å². The second-order valence-corrected chi connectivity index (χ2v) is 6.51. The smallest absolute Gasteiger partial charge is 0.328 e. The van der Waals surface area contributed by atoms with Gasteiger partial charge in [0.25, 0.3) is 5.91 Å². The van der Waals surface area contributed by atoms with Crippen LogP contribution in [-0.2, 0) is 19.2 Å². The van der Waals surface area contributed by atoms with E-state index in [1.165, 1.54) is 6.26 Å². The average Bonchev–Trinajstić information content (AvgIpc) is 3.28. The van der Waals surface area contributed by atoms with Gasteiger partial charge in [0, 0.05) is 30.8 Å². The maximum Gasteiger partial charge on any atom is 0.328 e. The molecule has 1 aromatic heterocycles. The zero-order valence-corrected chi connectivity index (χ0v) is 19.0. The highest BCUT2D eigenvalue weighted by molar-refractivity contribution is 5.91. The van der Waals surface area contributed by atoms with Crippen molar-refractivity contribution in [2.75, 3.05) is 40.3 Å². The normalized spacial score (nSPS) is 10.2. The summed E-state index contributed by atoms with van der Waals surface area (Å²) in [5.74, 6) is -4.80. The molecule has 190 valence electrons. The maximum absolute atomic E-state index is 11.5. The lowest BCUT2D eigenvalue weighted by molar-refractivity contribution is -0.134. The van der Waals surface area contributed by atoms with Gasteiger partial charge in [0.15, 0.2) is 5.76 Å². The molecule has 0 aromatic carbocycles. The summed E-state index contributed by atoms with van der Waals surface area (Å²) in [5, 5.41) is 37.4. The van der Waals surface area contributed by atoms with Crippen LogP contribution in [0.2, 0.25) is 0 Å². The van der Waals surface area contributed by atoms with Gasteiger partial charge in [0.05, 0.1) is 6.26 Å². The van der Waals surface area contributed by atoms with E-state index in [1.807, 2.05) is 0 Å². The molecule has 0 aliphatic rings. The minimum atomic E-state index is -1.26. The van der Waals surface area contributed by atoms with Crippen LogP contribution in [0.3, 0.4) is 0 Å². The summed E-state index contributed by atoms with van der Waals surface area (Å²) in [4.78, 5) is 51.9. The maximum atomic E-state index is 11.5. The predicted octanol–water partition coefficient (Wildman–Crippen LogP) is 0.364. The SMILES string of the molecule is CN(C)CCCNCCCNC(=O)c1ccco1.O=C(O)/C=C/C(=O)O.O=C(O)/C=C/C(=O)O. The van der Waals surface area contributed by atoms with E-state index >= 15 is 0 Å². The van der Waals surface area contributed by atoms with Crippen LogP contribution < -0.4 is 10.6 Å². The van der Waals surface area contributed by atoms with Gasteiger partial charge < -0.3 is 40.4 Å². The zero-order valence-electron chi connectivity index (χ0n) is 19.0. The van der Waals surface area contributed by atoms with E-state index in [2.05, 4.69) is 29.6 Å². The van der Waals surface area contributed by atoms with Crippen molar-refractivity contribution in [3.8, 4) is 0 Å². The first kappa shape index (κ1) is 32.2. The molecule has 0 saturated carbocycles. The van der Waals surface area contributed by atoms with Crippen LogP contribution in [0.15, 0.2) is 47.1 Å². The highest BCUT2D eigenvalue weighted by Gasteiger charge is 2.06. The number of carbonyl (C=O) groups excluding carboxylic acids is 1. The summed E-state index contributed by atoms with van der Waals surface area (Å²) < 4.78 is 5.00. The third-order valence-corrected chi connectivity index (χ3v) is 3.26. The molecule has 1 amide bonds. The van der Waals surface area contributed by atoms with Crippen LogP contribution in [0.5, 0.6) is 0 Å². The predicted molar refractivity (Wildman–Crippen MR) is 121 cm³/mol. The number of nitrogens with zero attached hydrogens (tertiary/aromatic N) is 1. The zero-order chi connectivity index (χ0) is 26.4. The quantitative estimate of drug-likeness (QED) is 0.165. The first-order valence-corrected chi connectivity index (χ1v) is 9.90. The first-order valence-electron chi connectivity index (χ1n) is 9.90. The summed E-state index contributed by atoms with van der Waals surface area (Å²) in [5.41, 5.74) is 0. The number of furan rings is 1. The van der Waals surface area contributed by atoms with Crippen LogP contribution in [-0.4, -0.2) is 95.4 Å². The van der Waals surface area contributed by atoms with Crippen LogP contribution >= 0.6 is 0 Å². The topological polar surface area (TPSA) is 207 Å². The monoisotopic (exact) mass is 485 g/mol. The van der Waals surface area contributed by atoms with Crippen LogP contribution in [0, 0.1) is 0 Å². The number of hydrogen-bond acceptors (Lipinski definition) is 8. The van der Waals surface area contributed by atoms with Gasteiger partial charge in [0.1, 0.15) is 0 Å². The van der Waals surface area contributed by atoms with Gasteiger partial charge in [-0.1, -0.05) is 0 Å². The number of rotatable bonds is 13. The molecule has 1 aromatic rings. The summed E-state index contributed by atoms with van der Waals surface area (Å²) in [6.07, 6.45) is 5.80. The van der Waals surface area contributed by atoms with Gasteiger partial charge in [-0.3, -0.25) is 4.79 Å². The Bertz CT molecular complexity index is 736. The summed E-state index contributed by atoms with van der Waals surface area (Å²) >= 11 is 0. The Kier molecular flexibility index (Phi) is 19.8. The number of aliphatic carboxylic acids is 4. The number of hydrogen-bond donors (Lipinski definition) is 6. The van der Waals surface area contributed by atoms with Crippen molar-refractivity contribution in [2.45, 2.75) is 12.8 Å². The molecule has 34 heavy (non-hydrogen) atoms. The fraction of sp³-hybridized carbons (Fsp3) is 0.381. The van der Waals surface area contributed by atoms with Crippen molar-refractivity contribution < 1.29 is 48.8 Å². The Morgan fingerprint density at radius 2 is 1.29 bits per heavy atom. The molecule has 6 N–H and O–H groups in total. The van der Waals surface area contributed by atoms with Crippen LogP contribution in [0.25, 0.3) is 0 Å². The minimum Gasteiger partial charge on any atom is -0.478 e. The molecular formula is C21H31N3O10.